The number of fused-ring (bicyclic) bond motifs is 1. The fraction of sp³-hybridized carbons (Fsp3) is 0.143. The SMILES string of the molecule is C=C/C=C\C.C=C1Cc2cccc(-c3ccc(C)cc3)c2S1. The predicted molar refractivity (Wildman–Crippen MR) is 100 cm³/mol. The van der Waals surface area contributed by atoms with Gasteiger partial charge in [-0.05, 0) is 35.4 Å². The summed E-state index contributed by atoms with van der Waals surface area (Å²) >= 11 is 1.82. The molecule has 2 aromatic rings. The Labute approximate surface area is 138 Å². The lowest BCUT2D eigenvalue weighted by Crippen LogP contribution is -1.84. The molecule has 0 radical (unpaired) electrons. The van der Waals surface area contributed by atoms with Crippen molar-refractivity contribution < 1.29 is 0 Å². The van der Waals surface area contributed by atoms with E-state index in [4.69, 9.17) is 0 Å². The van der Waals surface area contributed by atoms with Crippen LogP contribution in [0.4, 0.5) is 0 Å². The summed E-state index contributed by atoms with van der Waals surface area (Å²) in [6.45, 7) is 11.6. The highest BCUT2D eigenvalue weighted by Gasteiger charge is 2.18. The van der Waals surface area contributed by atoms with Crippen LogP contribution in [-0.4, -0.2) is 0 Å². The van der Waals surface area contributed by atoms with Crippen LogP contribution in [0.15, 0.2) is 83.7 Å². The zero-order valence-corrected chi connectivity index (χ0v) is 14.1. The van der Waals surface area contributed by atoms with E-state index in [9.17, 15) is 0 Å². The lowest BCUT2D eigenvalue weighted by Gasteiger charge is -2.07. The van der Waals surface area contributed by atoms with Crippen molar-refractivity contribution in [2.75, 3.05) is 0 Å². The third kappa shape index (κ3) is 4.02. The summed E-state index contributed by atoms with van der Waals surface area (Å²) in [5.41, 5.74) is 5.36. The maximum Gasteiger partial charge on any atom is 0.0233 e. The first-order valence-corrected chi connectivity index (χ1v) is 8.25. The summed E-state index contributed by atoms with van der Waals surface area (Å²) in [6, 6.07) is 15.3. The summed E-state index contributed by atoms with van der Waals surface area (Å²) in [4.78, 5) is 2.64. The highest BCUT2D eigenvalue weighted by molar-refractivity contribution is 8.03. The van der Waals surface area contributed by atoms with Crippen LogP contribution in [-0.2, 0) is 6.42 Å². The Morgan fingerprint density at radius 2 is 1.82 bits per heavy atom. The molecular weight excluding hydrogens is 284 g/mol. The maximum absolute atomic E-state index is 4.08. The average molecular weight is 306 g/mol. The monoisotopic (exact) mass is 306 g/mol. The second-order valence-electron chi connectivity index (χ2n) is 5.24. The van der Waals surface area contributed by atoms with Gasteiger partial charge in [-0.25, -0.2) is 0 Å². The van der Waals surface area contributed by atoms with Crippen molar-refractivity contribution in [3.8, 4) is 11.1 Å². The number of hydrogen-bond donors (Lipinski definition) is 0. The normalized spacial score (nSPS) is 12.7. The third-order valence-electron chi connectivity index (χ3n) is 3.42. The second kappa shape index (κ2) is 7.86. The van der Waals surface area contributed by atoms with Gasteiger partial charge in [-0.15, -0.1) is 0 Å². The smallest absolute Gasteiger partial charge is 0.0233 e. The number of rotatable bonds is 2. The summed E-state index contributed by atoms with van der Waals surface area (Å²) in [7, 11) is 0. The first kappa shape index (κ1) is 16.4. The Kier molecular flexibility index (Phi) is 5.85. The number of allylic oxidation sites excluding steroid dienone is 4. The molecule has 0 unspecified atom stereocenters. The number of benzene rings is 2. The van der Waals surface area contributed by atoms with Crippen molar-refractivity contribution in [2.24, 2.45) is 0 Å². The molecule has 0 spiro atoms. The molecule has 0 aromatic heterocycles. The van der Waals surface area contributed by atoms with Gasteiger partial charge >= 0.3 is 0 Å². The molecule has 0 N–H and O–H groups in total. The molecule has 1 aliphatic heterocycles. The lowest BCUT2D eigenvalue weighted by molar-refractivity contribution is 1.21. The highest BCUT2D eigenvalue weighted by atomic mass is 32.2. The van der Waals surface area contributed by atoms with Gasteiger partial charge in [-0.2, -0.15) is 0 Å². The molecular formula is C21H22S. The van der Waals surface area contributed by atoms with Crippen LogP contribution in [0.25, 0.3) is 11.1 Å². The second-order valence-corrected chi connectivity index (χ2v) is 6.43. The summed E-state index contributed by atoms with van der Waals surface area (Å²) in [6.07, 6.45) is 6.59. The van der Waals surface area contributed by atoms with Crippen LogP contribution in [0, 0.1) is 6.92 Å². The van der Waals surface area contributed by atoms with E-state index in [1.165, 1.54) is 32.1 Å². The van der Waals surface area contributed by atoms with Crippen molar-refractivity contribution in [1.82, 2.24) is 0 Å². The molecule has 0 atom stereocenters. The number of thioether (sulfide) groups is 1. The van der Waals surface area contributed by atoms with E-state index < -0.39 is 0 Å². The fourth-order valence-corrected chi connectivity index (χ4v) is 3.42. The minimum absolute atomic E-state index is 1.01. The summed E-state index contributed by atoms with van der Waals surface area (Å²) < 4.78 is 0. The van der Waals surface area contributed by atoms with E-state index in [1.807, 2.05) is 30.8 Å². The van der Waals surface area contributed by atoms with Gasteiger partial charge in [0.25, 0.3) is 0 Å². The molecule has 0 amide bonds. The molecule has 0 bridgehead atoms. The van der Waals surface area contributed by atoms with Crippen LogP contribution in [0.2, 0.25) is 0 Å². The van der Waals surface area contributed by atoms with Gasteiger partial charge in [0.2, 0.25) is 0 Å². The van der Waals surface area contributed by atoms with Crippen LogP contribution in [0.1, 0.15) is 18.1 Å². The van der Waals surface area contributed by atoms with Crippen LogP contribution >= 0.6 is 11.8 Å². The Bertz CT molecular complexity index is 690. The third-order valence-corrected chi connectivity index (χ3v) is 4.54. The summed E-state index contributed by atoms with van der Waals surface area (Å²) in [5.74, 6) is 0. The van der Waals surface area contributed by atoms with Gasteiger partial charge in [0.05, 0.1) is 0 Å². The molecule has 0 nitrogen and oxygen atoms in total. The fourth-order valence-electron chi connectivity index (χ4n) is 2.33. The Morgan fingerprint density at radius 3 is 2.41 bits per heavy atom. The quantitative estimate of drug-likeness (QED) is 0.565. The van der Waals surface area contributed by atoms with Gasteiger partial charge < -0.3 is 0 Å². The minimum Gasteiger partial charge on any atom is -0.0991 e. The maximum atomic E-state index is 4.08. The molecule has 112 valence electrons. The van der Waals surface area contributed by atoms with E-state index in [0.29, 0.717) is 0 Å². The molecule has 1 heterocycles. The minimum atomic E-state index is 1.01. The van der Waals surface area contributed by atoms with Gasteiger partial charge in [-0.3, -0.25) is 0 Å². The van der Waals surface area contributed by atoms with E-state index in [1.54, 1.807) is 6.08 Å². The Hall–Kier alpha value is -1.99. The van der Waals surface area contributed by atoms with Crippen molar-refractivity contribution >= 4 is 11.8 Å². The van der Waals surface area contributed by atoms with Gasteiger partial charge in [0, 0.05) is 11.3 Å². The Balaban J connectivity index is 0.000000309. The lowest BCUT2D eigenvalue weighted by atomic mass is 10.0. The largest absolute Gasteiger partial charge is 0.0991 e. The molecule has 2 aromatic carbocycles. The highest BCUT2D eigenvalue weighted by Crippen LogP contribution is 2.44. The average Bonchev–Trinajstić information content (AvgIpc) is 2.90. The molecule has 22 heavy (non-hydrogen) atoms. The molecule has 0 aliphatic carbocycles. The van der Waals surface area contributed by atoms with Gasteiger partial charge in [0.15, 0.2) is 0 Å². The first-order chi connectivity index (χ1) is 10.7. The molecule has 0 fully saturated rings. The van der Waals surface area contributed by atoms with Crippen molar-refractivity contribution in [1.29, 1.82) is 0 Å². The predicted octanol–water partition coefficient (Wildman–Crippen LogP) is 6.57. The standard InChI is InChI=1S/C16H14S.C5H8/c1-11-6-8-13(9-7-11)15-5-3-4-14-10-12(2)17-16(14)15;1-3-5-4-2/h3-9H,2,10H2,1H3;3-5H,1H2,2H3/b;5-4-. The Morgan fingerprint density at radius 1 is 1.09 bits per heavy atom. The topological polar surface area (TPSA) is 0 Å². The van der Waals surface area contributed by atoms with Crippen LogP contribution in [0.5, 0.6) is 0 Å². The van der Waals surface area contributed by atoms with Gasteiger partial charge in [0.1, 0.15) is 0 Å². The first-order valence-electron chi connectivity index (χ1n) is 7.44. The molecule has 0 saturated carbocycles. The van der Waals surface area contributed by atoms with Crippen LogP contribution in [0.3, 0.4) is 0 Å². The van der Waals surface area contributed by atoms with Crippen molar-refractivity contribution in [3.05, 3.63) is 89.9 Å². The van der Waals surface area contributed by atoms with Crippen molar-refractivity contribution in [3.63, 3.8) is 0 Å². The molecule has 0 saturated heterocycles. The van der Waals surface area contributed by atoms with E-state index >= 15 is 0 Å². The number of aryl methyl sites for hydroxylation is 1. The molecule has 3 rings (SSSR count). The van der Waals surface area contributed by atoms with Crippen molar-refractivity contribution in [2.45, 2.75) is 25.2 Å². The zero-order valence-electron chi connectivity index (χ0n) is 13.3. The van der Waals surface area contributed by atoms with E-state index in [-0.39, 0.29) is 0 Å². The zero-order chi connectivity index (χ0) is 15.9. The molecule has 1 aliphatic rings. The van der Waals surface area contributed by atoms with Crippen LogP contribution < -0.4 is 0 Å². The molecule has 1 heteroatoms. The summed E-state index contributed by atoms with van der Waals surface area (Å²) in [5, 5.41) is 0. The van der Waals surface area contributed by atoms with E-state index in [2.05, 4.69) is 62.5 Å². The number of hydrogen-bond acceptors (Lipinski definition) is 1. The van der Waals surface area contributed by atoms with E-state index in [0.717, 1.165) is 6.42 Å². The van der Waals surface area contributed by atoms with Gasteiger partial charge in [-0.1, -0.05) is 91.2 Å².